The molecule has 0 saturated carbocycles. The van der Waals surface area contributed by atoms with E-state index < -0.39 is 0 Å². The van der Waals surface area contributed by atoms with Crippen molar-refractivity contribution in [2.75, 3.05) is 18.5 Å². The second kappa shape index (κ2) is 6.29. The standard InChI is InChI=1S/C14H14ClNO3/c1-2-3-4-5-14(17)16-11-9-13-12(8-10(11)15)18-6-7-19-13/h2-5,8-9H,6-7H2,1H3,(H,16,17)/b3-2+,5-4+. The van der Waals surface area contributed by atoms with E-state index in [4.69, 9.17) is 21.1 Å². The van der Waals surface area contributed by atoms with E-state index in [2.05, 4.69) is 5.32 Å². The number of nitrogens with one attached hydrogen (secondary N) is 1. The first-order chi connectivity index (χ1) is 9.20. The summed E-state index contributed by atoms with van der Waals surface area (Å²) in [5.41, 5.74) is 0.501. The van der Waals surface area contributed by atoms with E-state index in [1.807, 2.05) is 13.0 Å². The third-order valence-corrected chi connectivity index (χ3v) is 2.75. The third-order valence-electron chi connectivity index (χ3n) is 2.44. The second-order valence-electron chi connectivity index (χ2n) is 3.85. The molecule has 1 N–H and O–H groups in total. The monoisotopic (exact) mass is 279 g/mol. The third kappa shape index (κ3) is 3.51. The number of anilines is 1. The summed E-state index contributed by atoms with van der Waals surface area (Å²) in [5.74, 6) is 0.929. The first-order valence-electron chi connectivity index (χ1n) is 5.90. The van der Waals surface area contributed by atoms with Crippen molar-refractivity contribution >= 4 is 23.2 Å². The van der Waals surface area contributed by atoms with E-state index >= 15 is 0 Å². The van der Waals surface area contributed by atoms with Crippen molar-refractivity contribution < 1.29 is 14.3 Å². The zero-order chi connectivity index (χ0) is 13.7. The van der Waals surface area contributed by atoms with Crippen LogP contribution in [-0.4, -0.2) is 19.1 Å². The van der Waals surface area contributed by atoms with Gasteiger partial charge < -0.3 is 14.8 Å². The van der Waals surface area contributed by atoms with Crippen molar-refractivity contribution in [1.29, 1.82) is 0 Å². The smallest absolute Gasteiger partial charge is 0.248 e. The number of carbonyl (C=O) groups excluding carboxylic acids is 1. The minimum absolute atomic E-state index is 0.253. The lowest BCUT2D eigenvalue weighted by Crippen LogP contribution is -2.16. The maximum Gasteiger partial charge on any atom is 0.248 e. The molecule has 100 valence electrons. The van der Waals surface area contributed by atoms with Crippen LogP contribution in [0.4, 0.5) is 5.69 Å². The maximum atomic E-state index is 11.6. The zero-order valence-corrected chi connectivity index (χ0v) is 11.2. The van der Waals surface area contributed by atoms with Gasteiger partial charge in [-0.05, 0) is 6.92 Å². The number of rotatable bonds is 3. The molecule has 0 aromatic heterocycles. The Hall–Kier alpha value is -1.94. The van der Waals surface area contributed by atoms with Crippen LogP contribution in [0.5, 0.6) is 11.5 Å². The van der Waals surface area contributed by atoms with Crippen molar-refractivity contribution in [1.82, 2.24) is 0 Å². The van der Waals surface area contributed by atoms with E-state index in [1.54, 1.807) is 24.3 Å². The van der Waals surface area contributed by atoms with Gasteiger partial charge in [0.15, 0.2) is 11.5 Å². The summed E-state index contributed by atoms with van der Waals surface area (Å²) in [6, 6.07) is 3.31. The first kappa shape index (κ1) is 13.5. The number of halogens is 1. The largest absolute Gasteiger partial charge is 0.486 e. The minimum atomic E-state index is -0.253. The van der Waals surface area contributed by atoms with Gasteiger partial charge in [-0.25, -0.2) is 0 Å². The Morgan fingerprint density at radius 2 is 1.95 bits per heavy atom. The SMILES string of the molecule is C/C=C/C=C/C(=O)Nc1cc2c(cc1Cl)OCCO2. The van der Waals surface area contributed by atoms with Crippen LogP contribution in [0.15, 0.2) is 36.4 Å². The normalized spacial score (nSPS) is 14.0. The van der Waals surface area contributed by atoms with Crippen molar-refractivity contribution in [3.8, 4) is 11.5 Å². The molecule has 1 aliphatic heterocycles. The molecule has 0 atom stereocenters. The van der Waals surface area contributed by atoms with Gasteiger partial charge in [-0.2, -0.15) is 0 Å². The molecule has 1 heterocycles. The lowest BCUT2D eigenvalue weighted by molar-refractivity contribution is -0.111. The van der Waals surface area contributed by atoms with Gasteiger partial charge in [-0.15, -0.1) is 0 Å². The lowest BCUT2D eigenvalue weighted by atomic mass is 10.2. The Labute approximate surface area is 116 Å². The maximum absolute atomic E-state index is 11.6. The number of fused-ring (bicyclic) bond motifs is 1. The molecule has 1 aliphatic rings. The van der Waals surface area contributed by atoms with Crippen LogP contribution < -0.4 is 14.8 Å². The Morgan fingerprint density at radius 3 is 2.63 bits per heavy atom. The van der Waals surface area contributed by atoms with Crippen molar-refractivity contribution in [2.45, 2.75) is 6.92 Å². The number of hydrogen-bond acceptors (Lipinski definition) is 3. The van der Waals surface area contributed by atoms with Gasteiger partial charge in [0.1, 0.15) is 13.2 Å². The molecule has 0 unspecified atom stereocenters. The van der Waals surface area contributed by atoms with Crippen LogP contribution in [-0.2, 0) is 4.79 Å². The van der Waals surface area contributed by atoms with Crippen molar-refractivity contribution in [3.05, 3.63) is 41.5 Å². The van der Waals surface area contributed by atoms with Crippen molar-refractivity contribution in [2.24, 2.45) is 0 Å². The average molecular weight is 280 g/mol. The van der Waals surface area contributed by atoms with Gasteiger partial charge in [-0.3, -0.25) is 4.79 Å². The fourth-order valence-electron chi connectivity index (χ4n) is 1.59. The molecule has 0 aliphatic carbocycles. The highest BCUT2D eigenvalue weighted by Crippen LogP contribution is 2.37. The van der Waals surface area contributed by atoms with E-state index in [-0.39, 0.29) is 5.91 Å². The van der Waals surface area contributed by atoms with Gasteiger partial charge >= 0.3 is 0 Å². The van der Waals surface area contributed by atoms with Gasteiger partial charge in [-0.1, -0.05) is 29.8 Å². The molecule has 0 saturated heterocycles. The van der Waals surface area contributed by atoms with Crippen LogP contribution in [0.1, 0.15) is 6.92 Å². The zero-order valence-electron chi connectivity index (χ0n) is 10.5. The first-order valence-corrected chi connectivity index (χ1v) is 6.28. The molecule has 5 heteroatoms. The van der Waals surface area contributed by atoms with Gasteiger partial charge in [0.2, 0.25) is 5.91 Å². The lowest BCUT2D eigenvalue weighted by Gasteiger charge is -2.19. The van der Waals surface area contributed by atoms with Crippen LogP contribution >= 0.6 is 11.6 Å². The minimum Gasteiger partial charge on any atom is -0.486 e. The summed E-state index contributed by atoms with van der Waals surface area (Å²) in [4.78, 5) is 11.6. The predicted molar refractivity (Wildman–Crippen MR) is 75.0 cm³/mol. The molecule has 4 nitrogen and oxygen atoms in total. The molecule has 1 amide bonds. The van der Waals surface area contributed by atoms with E-state index in [1.165, 1.54) is 6.08 Å². The summed E-state index contributed by atoms with van der Waals surface area (Å²) in [5, 5.41) is 3.11. The Balaban J connectivity index is 2.14. The summed E-state index contributed by atoms with van der Waals surface area (Å²) in [6.07, 6.45) is 6.68. The number of hydrogen-bond donors (Lipinski definition) is 1. The Morgan fingerprint density at radius 1 is 1.26 bits per heavy atom. The van der Waals surface area contributed by atoms with Crippen LogP contribution in [0.25, 0.3) is 0 Å². The number of ether oxygens (including phenoxy) is 2. The van der Waals surface area contributed by atoms with Gasteiger partial charge in [0, 0.05) is 18.2 Å². The molecular formula is C14H14ClNO3. The van der Waals surface area contributed by atoms with Crippen LogP contribution in [0, 0.1) is 0 Å². The van der Waals surface area contributed by atoms with Gasteiger partial charge in [0.05, 0.1) is 10.7 Å². The summed E-state index contributed by atoms with van der Waals surface area (Å²) >= 11 is 6.08. The molecule has 0 bridgehead atoms. The molecule has 0 radical (unpaired) electrons. The number of amides is 1. The van der Waals surface area contributed by atoms with Crippen molar-refractivity contribution in [3.63, 3.8) is 0 Å². The quantitative estimate of drug-likeness (QED) is 0.683. The number of allylic oxidation sites excluding steroid dienone is 3. The van der Waals surface area contributed by atoms with Crippen LogP contribution in [0.3, 0.4) is 0 Å². The second-order valence-corrected chi connectivity index (χ2v) is 4.26. The van der Waals surface area contributed by atoms with E-state index in [9.17, 15) is 4.79 Å². The molecule has 0 spiro atoms. The van der Waals surface area contributed by atoms with E-state index in [0.29, 0.717) is 35.4 Å². The fraction of sp³-hybridized carbons (Fsp3) is 0.214. The molecule has 19 heavy (non-hydrogen) atoms. The predicted octanol–water partition coefficient (Wildman–Crippen LogP) is 3.18. The molecule has 0 fully saturated rings. The number of benzene rings is 1. The molecule has 1 aromatic carbocycles. The number of carbonyl (C=O) groups is 1. The summed E-state index contributed by atoms with van der Waals surface area (Å²) < 4.78 is 10.8. The highest BCUT2D eigenvalue weighted by atomic mass is 35.5. The molecule has 2 rings (SSSR count). The summed E-state index contributed by atoms with van der Waals surface area (Å²) in [6.45, 7) is 2.87. The summed E-state index contributed by atoms with van der Waals surface area (Å²) in [7, 11) is 0. The topological polar surface area (TPSA) is 47.6 Å². The fourth-order valence-corrected chi connectivity index (χ4v) is 1.79. The van der Waals surface area contributed by atoms with Gasteiger partial charge in [0.25, 0.3) is 0 Å². The highest BCUT2D eigenvalue weighted by Gasteiger charge is 2.15. The Bertz CT molecular complexity index is 538. The average Bonchev–Trinajstić information content (AvgIpc) is 2.40. The molecular weight excluding hydrogens is 266 g/mol. The van der Waals surface area contributed by atoms with Crippen LogP contribution in [0.2, 0.25) is 5.02 Å². The molecule has 1 aromatic rings. The Kier molecular flexibility index (Phi) is 4.47. The highest BCUT2D eigenvalue weighted by molar-refractivity contribution is 6.34. The van der Waals surface area contributed by atoms with E-state index in [0.717, 1.165) is 0 Å².